The number of ether oxygens (including phenoxy) is 1. The van der Waals surface area contributed by atoms with E-state index in [2.05, 4.69) is 15.1 Å². The van der Waals surface area contributed by atoms with Gasteiger partial charge in [0.25, 0.3) is 11.8 Å². The van der Waals surface area contributed by atoms with Crippen LogP contribution in [0.2, 0.25) is 0 Å². The molecule has 0 spiro atoms. The number of rotatable bonds is 7. The highest BCUT2D eigenvalue weighted by molar-refractivity contribution is 5.97. The maximum atomic E-state index is 13.3. The van der Waals surface area contributed by atoms with Crippen molar-refractivity contribution in [1.82, 2.24) is 15.1 Å². The fourth-order valence-electron chi connectivity index (χ4n) is 5.98. The second kappa shape index (κ2) is 10.3. The normalized spacial score (nSPS) is 21.4. The van der Waals surface area contributed by atoms with E-state index in [0.29, 0.717) is 24.3 Å². The van der Waals surface area contributed by atoms with Crippen molar-refractivity contribution >= 4 is 11.8 Å². The quantitative estimate of drug-likeness (QED) is 0.622. The van der Waals surface area contributed by atoms with E-state index in [0.717, 1.165) is 80.2 Å². The number of hydrogen-bond donors (Lipinski definition) is 1. The molecule has 6 heteroatoms. The van der Waals surface area contributed by atoms with Crippen LogP contribution in [-0.4, -0.2) is 59.4 Å². The molecule has 0 atom stereocenters. The van der Waals surface area contributed by atoms with Crippen LogP contribution in [0.25, 0.3) is 0 Å². The van der Waals surface area contributed by atoms with Crippen molar-refractivity contribution in [3.05, 3.63) is 64.7 Å². The Balaban J connectivity index is 1.02. The number of benzene rings is 2. The lowest BCUT2D eigenvalue weighted by molar-refractivity contribution is 0.0414. The second-order valence-electron chi connectivity index (χ2n) is 11.0. The van der Waals surface area contributed by atoms with E-state index in [4.69, 9.17) is 4.74 Å². The molecule has 0 unspecified atom stereocenters. The average Bonchev–Trinajstić information content (AvgIpc) is 2.85. The van der Waals surface area contributed by atoms with Crippen molar-refractivity contribution in [2.45, 2.75) is 82.5 Å². The molecule has 2 aliphatic carbocycles. The third kappa shape index (κ3) is 4.88. The highest BCUT2D eigenvalue weighted by Gasteiger charge is 2.35. The number of amides is 2. The summed E-state index contributed by atoms with van der Waals surface area (Å²) in [5.41, 5.74) is 3.63. The molecular formula is C30H37N3O3. The smallest absolute Gasteiger partial charge is 0.254 e. The van der Waals surface area contributed by atoms with Gasteiger partial charge in [0.1, 0.15) is 12.4 Å². The van der Waals surface area contributed by atoms with Gasteiger partial charge in [-0.05, 0) is 92.8 Å². The maximum Gasteiger partial charge on any atom is 0.254 e. The molecule has 2 saturated carbocycles. The van der Waals surface area contributed by atoms with Crippen molar-refractivity contribution in [3.63, 3.8) is 0 Å². The zero-order chi connectivity index (χ0) is 24.5. The molecule has 2 aromatic carbocycles. The molecule has 0 aromatic heterocycles. The Bertz CT molecular complexity index is 1100. The third-order valence-corrected chi connectivity index (χ3v) is 8.78. The number of piperidine rings is 1. The molecule has 2 heterocycles. The van der Waals surface area contributed by atoms with Crippen LogP contribution in [-0.2, 0) is 13.0 Å². The second-order valence-corrected chi connectivity index (χ2v) is 11.0. The van der Waals surface area contributed by atoms with Crippen LogP contribution in [0, 0.1) is 0 Å². The summed E-state index contributed by atoms with van der Waals surface area (Å²) in [6, 6.07) is 15.0. The molecule has 0 bridgehead atoms. The first kappa shape index (κ1) is 23.5. The van der Waals surface area contributed by atoms with E-state index in [1.165, 1.54) is 25.7 Å². The summed E-state index contributed by atoms with van der Waals surface area (Å²) in [5.74, 6) is 0.973. The lowest BCUT2D eigenvalue weighted by Crippen LogP contribution is -2.52. The van der Waals surface area contributed by atoms with Crippen LogP contribution in [0.3, 0.4) is 0 Å². The molecule has 6 rings (SSSR count). The average molecular weight is 488 g/mol. The minimum atomic E-state index is 0.00415. The molecule has 190 valence electrons. The first-order valence-corrected chi connectivity index (χ1v) is 13.8. The molecule has 3 fully saturated rings. The highest BCUT2D eigenvalue weighted by atomic mass is 16.5. The number of nitrogens with zero attached hydrogens (tertiary/aromatic N) is 2. The van der Waals surface area contributed by atoms with Gasteiger partial charge in [-0.2, -0.15) is 0 Å². The third-order valence-electron chi connectivity index (χ3n) is 8.78. The number of likely N-dealkylation sites (tertiary alicyclic amines) is 1. The molecule has 1 N–H and O–H groups in total. The van der Waals surface area contributed by atoms with Gasteiger partial charge in [0.05, 0.1) is 0 Å². The fraction of sp³-hybridized carbons (Fsp3) is 0.533. The number of carbonyl (C=O) groups excluding carboxylic acids is 2. The molecular weight excluding hydrogens is 450 g/mol. The summed E-state index contributed by atoms with van der Waals surface area (Å²) in [6.07, 6.45) is 10.5. The van der Waals surface area contributed by atoms with Gasteiger partial charge in [0.2, 0.25) is 0 Å². The minimum Gasteiger partial charge on any atom is -0.489 e. The lowest BCUT2D eigenvalue weighted by Gasteiger charge is -2.45. The van der Waals surface area contributed by atoms with Crippen molar-refractivity contribution < 1.29 is 14.3 Å². The topological polar surface area (TPSA) is 61.9 Å². The maximum absolute atomic E-state index is 13.3. The molecule has 6 nitrogen and oxygen atoms in total. The molecule has 36 heavy (non-hydrogen) atoms. The Labute approximate surface area is 214 Å². The predicted octanol–water partition coefficient (Wildman–Crippen LogP) is 4.56. The minimum absolute atomic E-state index is 0.00415. The van der Waals surface area contributed by atoms with Gasteiger partial charge in [-0.1, -0.05) is 18.6 Å². The Hall–Kier alpha value is -2.86. The molecule has 2 amide bonds. The number of carbonyl (C=O) groups is 2. The summed E-state index contributed by atoms with van der Waals surface area (Å²) in [4.78, 5) is 30.4. The van der Waals surface area contributed by atoms with Crippen LogP contribution < -0.4 is 10.1 Å². The van der Waals surface area contributed by atoms with Crippen molar-refractivity contribution in [1.29, 1.82) is 0 Å². The van der Waals surface area contributed by atoms with Crippen LogP contribution in [0.5, 0.6) is 5.75 Å². The van der Waals surface area contributed by atoms with Crippen molar-refractivity contribution in [3.8, 4) is 5.75 Å². The van der Waals surface area contributed by atoms with Crippen molar-refractivity contribution in [2.75, 3.05) is 19.6 Å². The van der Waals surface area contributed by atoms with E-state index in [1.54, 1.807) is 0 Å². The van der Waals surface area contributed by atoms with Crippen LogP contribution in [0.1, 0.15) is 83.2 Å². The molecule has 2 aliphatic heterocycles. The van der Waals surface area contributed by atoms with Gasteiger partial charge >= 0.3 is 0 Å². The number of hydrogen-bond acceptors (Lipinski definition) is 4. The summed E-state index contributed by atoms with van der Waals surface area (Å²) < 4.78 is 6.05. The van der Waals surface area contributed by atoms with Crippen molar-refractivity contribution in [2.24, 2.45) is 0 Å². The SMILES string of the molecule is O=C(NC1CCC1)c1ccc(COc2ccc3c(c2)CCN(C2CCN(C4CCC4)CC2)C3=O)cc1. The Morgan fingerprint density at radius 1 is 0.889 bits per heavy atom. The van der Waals surface area contributed by atoms with E-state index in [-0.39, 0.29) is 11.8 Å². The Kier molecular flexibility index (Phi) is 6.70. The van der Waals surface area contributed by atoms with Gasteiger partial charge in [-0.3, -0.25) is 9.59 Å². The van der Waals surface area contributed by atoms with Gasteiger partial charge in [0, 0.05) is 48.9 Å². The van der Waals surface area contributed by atoms with Crippen LogP contribution >= 0.6 is 0 Å². The molecule has 4 aliphatic rings. The highest BCUT2D eigenvalue weighted by Crippen LogP contribution is 2.31. The summed E-state index contributed by atoms with van der Waals surface area (Å²) in [5, 5.41) is 3.07. The van der Waals surface area contributed by atoms with E-state index in [1.807, 2.05) is 42.5 Å². The van der Waals surface area contributed by atoms with Gasteiger partial charge < -0.3 is 19.9 Å². The zero-order valence-corrected chi connectivity index (χ0v) is 21.1. The van der Waals surface area contributed by atoms with Gasteiger partial charge in [-0.15, -0.1) is 0 Å². The summed E-state index contributed by atoms with van der Waals surface area (Å²) in [6.45, 7) is 3.49. The zero-order valence-electron chi connectivity index (χ0n) is 21.1. The number of fused-ring (bicyclic) bond motifs is 1. The van der Waals surface area contributed by atoms with Crippen LogP contribution in [0.4, 0.5) is 0 Å². The first-order valence-electron chi connectivity index (χ1n) is 13.8. The molecule has 1 saturated heterocycles. The monoisotopic (exact) mass is 487 g/mol. The standard InChI is InChI=1S/C30H37N3O3/c34-29(31-24-3-1-4-24)22-9-7-21(8-10-22)20-36-27-11-12-28-23(19-27)13-18-33(30(28)35)26-14-16-32(17-15-26)25-5-2-6-25/h7-12,19,24-26H,1-6,13-18,20H2,(H,31,34). The molecule has 0 radical (unpaired) electrons. The first-order chi connectivity index (χ1) is 17.6. The van der Waals surface area contributed by atoms with E-state index >= 15 is 0 Å². The largest absolute Gasteiger partial charge is 0.489 e. The Morgan fingerprint density at radius 2 is 1.64 bits per heavy atom. The summed E-state index contributed by atoms with van der Waals surface area (Å²) in [7, 11) is 0. The lowest BCUT2D eigenvalue weighted by atomic mass is 9.88. The van der Waals surface area contributed by atoms with Crippen LogP contribution in [0.15, 0.2) is 42.5 Å². The van der Waals surface area contributed by atoms with E-state index < -0.39 is 0 Å². The number of nitrogens with one attached hydrogen (secondary N) is 1. The Morgan fingerprint density at radius 3 is 2.31 bits per heavy atom. The predicted molar refractivity (Wildman–Crippen MR) is 139 cm³/mol. The van der Waals surface area contributed by atoms with Gasteiger partial charge in [0.15, 0.2) is 0 Å². The van der Waals surface area contributed by atoms with E-state index in [9.17, 15) is 9.59 Å². The summed E-state index contributed by atoms with van der Waals surface area (Å²) >= 11 is 0. The molecule has 2 aromatic rings. The van der Waals surface area contributed by atoms with Gasteiger partial charge in [-0.25, -0.2) is 0 Å². The fourth-order valence-corrected chi connectivity index (χ4v) is 5.98.